The average molecular weight is 462 g/mol. The second-order valence-corrected chi connectivity index (χ2v) is 7.46. The molecular weight excluding hydrogens is 443 g/mol. The summed E-state index contributed by atoms with van der Waals surface area (Å²) in [4.78, 5) is 39.6. The van der Waals surface area contributed by atoms with E-state index in [1.165, 1.54) is 17.4 Å². The van der Waals surface area contributed by atoms with Crippen molar-refractivity contribution in [3.8, 4) is 0 Å². The van der Waals surface area contributed by atoms with Gasteiger partial charge in [-0.25, -0.2) is 23.5 Å². The summed E-state index contributed by atoms with van der Waals surface area (Å²) in [5, 5.41) is 7.12. The van der Waals surface area contributed by atoms with Gasteiger partial charge < -0.3 is 19.9 Å². The first-order valence-electron chi connectivity index (χ1n) is 9.42. The van der Waals surface area contributed by atoms with Gasteiger partial charge >= 0.3 is 12.1 Å². The molecule has 2 aliphatic rings. The van der Waals surface area contributed by atoms with Crippen LogP contribution in [0.3, 0.4) is 0 Å². The van der Waals surface area contributed by atoms with Crippen molar-refractivity contribution in [3.63, 3.8) is 0 Å². The Labute approximate surface area is 178 Å². The number of likely N-dealkylation sites (tertiary alicyclic amines) is 1. The van der Waals surface area contributed by atoms with Crippen LogP contribution in [-0.2, 0) is 4.79 Å². The molecule has 1 spiro atoms. The van der Waals surface area contributed by atoms with Crippen molar-refractivity contribution in [3.05, 3.63) is 36.8 Å². The summed E-state index contributed by atoms with van der Waals surface area (Å²) in [5.74, 6) is -5.28. The fraction of sp³-hybridized carbons (Fsp3) is 0.500. The number of aliphatic carboxylic acids is 1. The van der Waals surface area contributed by atoms with E-state index in [2.05, 4.69) is 19.9 Å². The van der Waals surface area contributed by atoms with Crippen LogP contribution in [0.15, 0.2) is 31.1 Å². The molecule has 2 aromatic rings. The maximum Gasteiger partial charge on any atom is 0.490 e. The normalized spacial score (nSPS) is 22.4. The summed E-state index contributed by atoms with van der Waals surface area (Å²) in [5.41, 5.74) is -0.942. The van der Waals surface area contributed by atoms with Gasteiger partial charge in [-0.3, -0.25) is 9.78 Å². The Morgan fingerprint density at radius 2 is 1.78 bits per heavy atom. The third-order valence-electron chi connectivity index (χ3n) is 5.45. The molecule has 0 bridgehead atoms. The first-order valence-corrected chi connectivity index (χ1v) is 9.42. The summed E-state index contributed by atoms with van der Waals surface area (Å²) >= 11 is 0. The number of alkyl halides is 5. The number of rotatable bonds is 2. The van der Waals surface area contributed by atoms with Crippen LogP contribution in [0.25, 0.3) is 0 Å². The van der Waals surface area contributed by atoms with E-state index in [1.54, 1.807) is 18.6 Å². The number of anilines is 1. The number of hydrogen-bond donors (Lipinski definition) is 2. The summed E-state index contributed by atoms with van der Waals surface area (Å²) in [6.45, 7) is 0.693. The molecule has 0 saturated carbocycles. The van der Waals surface area contributed by atoms with Crippen molar-refractivity contribution < 1.29 is 36.6 Å². The van der Waals surface area contributed by atoms with Gasteiger partial charge in [0.15, 0.2) is 0 Å². The molecule has 2 aromatic heterocycles. The number of hydrogen-bond acceptors (Lipinski definition) is 6. The highest BCUT2D eigenvalue weighted by molar-refractivity contribution is 5.92. The number of carbonyl (C=O) groups excluding carboxylic acids is 1. The maximum absolute atomic E-state index is 14.8. The van der Waals surface area contributed by atoms with E-state index in [9.17, 15) is 26.7 Å². The Hall–Kier alpha value is -3.32. The highest BCUT2D eigenvalue weighted by atomic mass is 19.4. The van der Waals surface area contributed by atoms with E-state index in [0.717, 1.165) is 0 Å². The van der Waals surface area contributed by atoms with Crippen LogP contribution in [0.4, 0.5) is 27.8 Å². The summed E-state index contributed by atoms with van der Waals surface area (Å²) in [6.07, 6.45) is 2.40. The molecule has 4 rings (SSSR count). The fourth-order valence-corrected chi connectivity index (χ4v) is 3.77. The molecule has 2 fully saturated rings. The Kier molecular flexibility index (Phi) is 6.32. The first kappa shape index (κ1) is 23.3. The highest BCUT2D eigenvalue weighted by Gasteiger charge is 2.60. The van der Waals surface area contributed by atoms with Gasteiger partial charge in [-0.2, -0.15) is 13.2 Å². The van der Waals surface area contributed by atoms with E-state index in [4.69, 9.17) is 9.90 Å². The average Bonchev–Trinajstić information content (AvgIpc) is 3.41. The van der Waals surface area contributed by atoms with Crippen LogP contribution in [0.1, 0.15) is 23.3 Å². The van der Waals surface area contributed by atoms with Crippen LogP contribution in [0.5, 0.6) is 0 Å². The van der Waals surface area contributed by atoms with Crippen LogP contribution in [-0.4, -0.2) is 80.1 Å². The SMILES string of the molecule is O=C(O)C(F)(F)F.O=C(c1cnc[nH]1)N1CCC(F)(F)C2(CCN(c3cnccn3)C2)C1. The lowest BCUT2D eigenvalue weighted by Gasteiger charge is -2.45. The van der Waals surface area contributed by atoms with Gasteiger partial charge in [0, 0.05) is 45.0 Å². The number of H-pyrrole nitrogens is 1. The number of aromatic nitrogens is 4. The zero-order valence-electron chi connectivity index (χ0n) is 16.5. The number of nitrogens with one attached hydrogen (secondary N) is 1. The molecule has 174 valence electrons. The predicted molar refractivity (Wildman–Crippen MR) is 99.0 cm³/mol. The minimum atomic E-state index is -5.08. The third-order valence-corrected chi connectivity index (χ3v) is 5.45. The Balaban J connectivity index is 0.000000360. The monoisotopic (exact) mass is 462 g/mol. The molecule has 4 heterocycles. The van der Waals surface area contributed by atoms with E-state index >= 15 is 0 Å². The van der Waals surface area contributed by atoms with Gasteiger partial charge in [-0.05, 0) is 6.42 Å². The van der Waals surface area contributed by atoms with Crippen LogP contribution < -0.4 is 4.90 Å². The quantitative estimate of drug-likeness (QED) is 0.658. The molecule has 1 unspecified atom stereocenters. The molecule has 0 radical (unpaired) electrons. The molecule has 2 saturated heterocycles. The van der Waals surface area contributed by atoms with E-state index in [-0.39, 0.29) is 32.0 Å². The summed E-state index contributed by atoms with van der Waals surface area (Å²) in [7, 11) is 0. The molecule has 0 aliphatic carbocycles. The molecule has 14 heteroatoms. The Morgan fingerprint density at radius 3 is 2.34 bits per heavy atom. The van der Waals surface area contributed by atoms with Crippen molar-refractivity contribution in [1.29, 1.82) is 0 Å². The van der Waals surface area contributed by atoms with Gasteiger partial charge in [-0.15, -0.1) is 0 Å². The van der Waals surface area contributed by atoms with E-state index in [0.29, 0.717) is 24.5 Å². The number of carboxylic acids is 1. The number of aromatic amines is 1. The van der Waals surface area contributed by atoms with Gasteiger partial charge in [-0.1, -0.05) is 0 Å². The fourth-order valence-electron chi connectivity index (χ4n) is 3.77. The summed E-state index contributed by atoms with van der Waals surface area (Å²) < 4.78 is 61.4. The molecule has 2 N–H and O–H groups in total. The lowest BCUT2D eigenvalue weighted by atomic mass is 9.75. The zero-order valence-corrected chi connectivity index (χ0v) is 16.5. The van der Waals surface area contributed by atoms with Gasteiger partial charge in [0.1, 0.15) is 11.5 Å². The third kappa shape index (κ3) is 4.78. The lowest BCUT2D eigenvalue weighted by Crippen LogP contribution is -2.58. The second-order valence-electron chi connectivity index (χ2n) is 7.46. The highest BCUT2D eigenvalue weighted by Crippen LogP contribution is 2.50. The number of carboxylic acid groups (broad SMARTS) is 1. The standard InChI is InChI=1S/C16H18F2N6O.C2HF3O2/c17-16(18)2-6-24(14(25)12-7-20-11-22-12)10-15(16)1-5-23(9-15)13-8-19-3-4-21-13;3-2(4,5)1(6)7/h3-4,7-8,11H,1-2,5-6,9-10H2,(H,20,22);(H,6,7). The van der Waals surface area contributed by atoms with Crippen LogP contribution in [0, 0.1) is 5.41 Å². The number of carbonyl (C=O) groups is 2. The van der Waals surface area contributed by atoms with Crippen molar-refractivity contribution in [2.75, 3.05) is 31.1 Å². The topological polar surface area (TPSA) is 115 Å². The maximum atomic E-state index is 14.8. The molecule has 0 aromatic carbocycles. The minimum absolute atomic E-state index is 0.0224. The Morgan fingerprint density at radius 1 is 1.06 bits per heavy atom. The van der Waals surface area contributed by atoms with Crippen LogP contribution >= 0.6 is 0 Å². The van der Waals surface area contributed by atoms with Gasteiger partial charge in [0.25, 0.3) is 11.8 Å². The number of piperidine rings is 1. The number of amides is 1. The molecule has 1 atom stereocenters. The number of nitrogens with zero attached hydrogens (tertiary/aromatic N) is 5. The predicted octanol–water partition coefficient (Wildman–Crippen LogP) is 2.21. The van der Waals surface area contributed by atoms with Crippen molar-refractivity contribution >= 4 is 17.7 Å². The van der Waals surface area contributed by atoms with Crippen molar-refractivity contribution in [2.45, 2.75) is 24.9 Å². The van der Waals surface area contributed by atoms with Gasteiger partial charge in [0.05, 0.1) is 24.1 Å². The molecule has 1 amide bonds. The second kappa shape index (κ2) is 8.67. The van der Waals surface area contributed by atoms with Crippen molar-refractivity contribution in [2.24, 2.45) is 5.41 Å². The van der Waals surface area contributed by atoms with Crippen molar-refractivity contribution in [1.82, 2.24) is 24.8 Å². The van der Waals surface area contributed by atoms with Gasteiger partial charge in [0.2, 0.25) is 0 Å². The molecule has 2 aliphatic heterocycles. The largest absolute Gasteiger partial charge is 0.490 e. The van der Waals surface area contributed by atoms with Crippen LogP contribution in [0.2, 0.25) is 0 Å². The molecular formula is C18H19F5N6O3. The lowest BCUT2D eigenvalue weighted by molar-refractivity contribution is -0.192. The Bertz CT molecular complexity index is 940. The minimum Gasteiger partial charge on any atom is -0.475 e. The summed E-state index contributed by atoms with van der Waals surface area (Å²) in [6, 6.07) is 0. The molecule has 9 nitrogen and oxygen atoms in total. The van der Waals surface area contributed by atoms with E-state index in [1.807, 2.05) is 4.90 Å². The zero-order chi connectivity index (χ0) is 23.6. The number of halogens is 5. The molecule has 32 heavy (non-hydrogen) atoms. The first-order chi connectivity index (χ1) is 15.0. The van der Waals surface area contributed by atoms with E-state index < -0.39 is 23.5 Å². The number of imidazole rings is 1. The smallest absolute Gasteiger partial charge is 0.475 e.